The molecule has 6 heteroatoms. The van der Waals surface area contributed by atoms with E-state index in [4.69, 9.17) is 4.74 Å². The van der Waals surface area contributed by atoms with E-state index < -0.39 is 27.4 Å². The predicted octanol–water partition coefficient (Wildman–Crippen LogP) is 5.60. The van der Waals surface area contributed by atoms with Crippen molar-refractivity contribution in [3.8, 4) is 0 Å². The van der Waals surface area contributed by atoms with Crippen molar-refractivity contribution in [2.45, 2.75) is 42.5 Å². The molecule has 0 radical (unpaired) electrons. The Morgan fingerprint density at radius 3 is 2.00 bits per heavy atom. The summed E-state index contributed by atoms with van der Waals surface area (Å²) >= 11 is 0. The minimum atomic E-state index is -4.10. The van der Waals surface area contributed by atoms with Crippen molar-refractivity contribution >= 4 is 10.0 Å². The number of rotatable bonds is 7. The van der Waals surface area contributed by atoms with Crippen LogP contribution in [0.15, 0.2) is 120 Å². The van der Waals surface area contributed by atoms with Gasteiger partial charge in [-0.1, -0.05) is 109 Å². The molecule has 3 atom stereocenters. The third-order valence-corrected chi connectivity index (χ3v) is 9.30. The van der Waals surface area contributed by atoms with E-state index in [0.29, 0.717) is 5.56 Å². The van der Waals surface area contributed by atoms with Crippen molar-refractivity contribution in [2.75, 3.05) is 6.61 Å². The van der Waals surface area contributed by atoms with Crippen LogP contribution in [0.2, 0.25) is 0 Å². The maximum atomic E-state index is 14.4. The van der Waals surface area contributed by atoms with Gasteiger partial charge in [0.1, 0.15) is 5.60 Å². The minimum absolute atomic E-state index is 0.107. The zero-order valence-electron chi connectivity index (χ0n) is 21.0. The first kappa shape index (κ1) is 25.4. The predicted molar refractivity (Wildman–Crippen MR) is 144 cm³/mol. The lowest BCUT2D eigenvalue weighted by Gasteiger charge is -2.47. The molecule has 1 N–H and O–H groups in total. The summed E-state index contributed by atoms with van der Waals surface area (Å²) in [5, 5.41) is 12.7. The van der Waals surface area contributed by atoms with Crippen LogP contribution < -0.4 is 0 Å². The molecule has 190 valence electrons. The number of ether oxygens (including phenoxy) is 1. The smallest absolute Gasteiger partial charge is 0.246 e. The molecule has 1 fully saturated rings. The molecule has 1 aliphatic heterocycles. The second-order valence-corrected chi connectivity index (χ2v) is 11.5. The molecule has 37 heavy (non-hydrogen) atoms. The van der Waals surface area contributed by atoms with E-state index >= 15 is 0 Å². The van der Waals surface area contributed by atoms with Gasteiger partial charge in [0, 0.05) is 6.42 Å². The monoisotopic (exact) mass is 513 g/mol. The minimum Gasteiger partial charge on any atom is -0.380 e. The van der Waals surface area contributed by atoms with E-state index in [9.17, 15) is 13.5 Å². The van der Waals surface area contributed by atoms with Crippen LogP contribution in [0.25, 0.3) is 0 Å². The van der Waals surface area contributed by atoms with Crippen LogP contribution in [0.4, 0.5) is 0 Å². The Kier molecular flexibility index (Phi) is 6.77. The molecule has 5 nitrogen and oxygen atoms in total. The lowest BCUT2D eigenvalue weighted by Crippen LogP contribution is -2.61. The van der Waals surface area contributed by atoms with Gasteiger partial charge in [-0.05, 0) is 42.7 Å². The van der Waals surface area contributed by atoms with Gasteiger partial charge in [-0.3, -0.25) is 0 Å². The number of hydrogen-bond donors (Lipinski definition) is 1. The van der Waals surface area contributed by atoms with E-state index in [1.54, 1.807) is 31.2 Å². The summed E-state index contributed by atoms with van der Waals surface area (Å²) in [4.78, 5) is 0.158. The van der Waals surface area contributed by atoms with Gasteiger partial charge in [0.2, 0.25) is 10.0 Å². The fourth-order valence-electron chi connectivity index (χ4n) is 5.24. The van der Waals surface area contributed by atoms with E-state index in [1.807, 2.05) is 97.9 Å². The molecule has 0 spiro atoms. The van der Waals surface area contributed by atoms with Gasteiger partial charge in [-0.2, -0.15) is 4.31 Å². The van der Waals surface area contributed by atoms with Crippen molar-refractivity contribution in [3.05, 3.63) is 138 Å². The summed E-state index contributed by atoms with van der Waals surface area (Å²) in [7, 11) is -4.10. The number of aryl methyl sites for hydroxylation is 1. The zero-order chi connectivity index (χ0) is 26.1. The molecule has 1 heterocycles. The second-order valence-electron chi connectivity index (χ2n) is 9.72. The Hall–Kier alpha value is -3.29. The van der Waals surface area contributed by atoms with E-state index in [0.717, 1.165) is 16.7 Å². The number of sulfonamides is 1. The van der Waals surface area contributed by atoms with Crippen molar-refractivity contribution < 1.29 is 18.3 Å². The highest BCUT2D eigenvalue weighted by Crippen LogP contribution is 2.51. The molecule has 1 saturated heterocycles. The van der Waals surface area contributed by atoms with Gasteiger partial charge >= 0.3 is 0 Å². The van der Waals surface area contributed by atoms with E-state index in [2.05, 4.69) is 0 Å². The maximum absolute atomic E-state index is 14.4. The van der Waals surface area contributed by atoms with Crippen LogP contribution >= 0.6 is 0 Å². The summed E-state index contributed by atoms with van der Waals surface area (Å²) in [5.41, 5.74) is -0.0969. The largest absolute Gasteiger partial charge is 0.380 e. The molecule has 0 aliphatic carbocycles. The van der Waals surface area contributed by atoms with Gasteiger partial charge in [0.25, 0.3) is 0 Å². The van der Waals surface area contributed by atoms with Crippen molar-refractivity contribution in [3.63, 3.8) is 0 Å². The highest BCUT2D eigenvalue weighted by molar-refractivity contribution is 7.89. The van der Waals surface area contributed by atoms with Crippen molar-refractivity contribution in [1.29, 1.82) is 0 Å². The van der Waals surface area contributed by atoms with Crippen molar-refractivity contribution in [1.82, 2.24) is 4.31 Å². The number of benzene rings is 4. The van der Waals surface area contributed by atoms with Crippen LogP contribution in [0.5, 0.6) is 0 Å². The lowest BCUT2D eigenvalue weighted by atomic mass is 9.79. The van der Waals surface area contributed by atoms with Gasteiger partial charge < -0.3 is 9.84 Å². The standard InChI is InChI=1S/C31H31NO4S/c1-24-18-20-28(21-19-24)37(34,35)32-29(26-14-8-4-9-15-26)23-36-30(32,2)31(33,27-16-10-5-11-17-27)22-25-12-6-3-7-13-25/h3-21,29,33H,22-23H2,1-2H3/t29-,30-,31+/m0/s1. The fourth-order valence-corrected chi connectivity index (χ4v) is 7.13. The zero-order valence-corrected chi connectivity index (χ0v) is 21.8. The third kappa shape index (κ3) is 4.51. The van der Waals surface area contributed by atoms with Crippen LogP contribution in [0.1, 0.15) is 35.2 Å². The Morgan fingerprint density at radius 2 is 1.41 bits per heavy atom. The molecule has 0 unspecified atom stereocenters. The lowest BCUT2D eigenvalue weighted by molar-refractivity contribution is -0.194. The van der Waals surface area contributed by atoms with Crippen LogP contribution in [0, 0.1) is 6.92 Å². The third-order valence-electron chi connectivity index (χ3n) is 7.31. The summed E-state index contributed by atoms with van der Waals surface area (Å²) in [5.74, 6) is 0. The van der Waals surface area contributed by atoms with Gasteiger partial charge in [-0.15, -0.1) is 0 Å². The molecule has 0 saturated carbocycles. The molecule has 0 aromatic heterocycles. The molecule has 4 aromatic carbocycles. The molecule has 1 aliphatic rings. The SMILES string of the molecule is Cc1ccc(S(=O)(=O)N2[C@H](c3ccccc3)CO[C@@]2(C)[C@@](O)(Cc2ccccc2)c2ccccc2)cc1. The second kappa shape index (κ2) is 9.88. The molecule has 0 amide bonds. The molecular weight excluding hydrogens is 482 g/mol. The summed E-state index contributed by atoms with van der Waals surface area (Å²) in [6.45, 7) is 3.72. The van der Waals surface area contributed by atoms with Gasteiger partial charge in [0.05, 0.1) is 17.5 Å². The maximum Gasteiger partial charge on any atom is 0.246 e. The molecule has 0 bridgehead atoms. The topological polar surface area (TPSA) is 66.8 Å². The quantitative estimate of drug-likeness (QED) is 0.349. The number of hydrogen-bond acceptors (Lipinski definition) is 4. The highest BCUT2D eigenvalue weighted by Gasteiger charge is 2.62. The van der Waals surface area contributed by atoms with Gasteiger partial charge in [-0.25, -0.2) is 8.42 Å². The van der Waals surface area contributed by atoms with Crippen LogP contribution in [-0.2, 0) is 26.8 Å². The first-order valence-corrected chi connectivity index (χ1v) is 13.8. The van der Waals surface area contributed by atoms with Crippen molar-refractivity contribution in [2.24, 2.45) is 0 Å². The van der Waals surface area contributed by atoms with Gasteiger partial charge in [0.15, 0.2) is 5.72 Å². The molecular formula is C31H31NO4S. The average Bonchev–Trinajstić information content (AvgIpc) is 3.30. The first-order chi connectivity index (χ1) is 17.8. The highest BCUT2D eigenvalue weighted by atomic mass is 32.2. The Morgan fingerprint density at radius 1 is 0.865 bits per heavy atom. The summed E-state index contributed by atoms with van der Waals surface area (Å²) < 4.78 is 36.6. The Balaban J connectivity index is 1.72. The fraction of sp³-hybridized carbons (Fsp3) is 0.226. The summed E-state index contributed by atoms with van der Waals surface area (Å²) in [6.07, 6.45) is 0.162. The Labute approximate surface area is 219 Å². The molecule has 5 rings (SSSR count). The van der Waals surface area contributed by atoms with Crippen LogP contribution in [-0.4, -0.2) is 30.2 Å². The van der Waals surface area contributed by atoms with E-state index in [-0.39, 0.29) is 17.9 Å². The van der Waals surface area contributed by atoms with E-state index in [1.165, 1.54) is 4.31 Å². The average molecular weight is 514 g/mol. The number of nitrogens with zero attached hydrogens (tertiary/aromatic N) is 1. The first-order valence-electron chi connectivity index (χ1n) is 12.4. The Bertz CT molecular complexity index is 1440. The van der Waals surface area contributed by atoms with Crippen LogP contribution in [0.3, 0.4) is 0 Å². The molecule has 4 aromatic rings. The number of aliphatic hydroxyl groups is 1. The summed E-state index contributed by atoms with van der Waals surface area (Å²) in [6, 6.07) is 34.4. The normalized spacial score (nSPS) is 22.0.